The molecule has 2 atom stereocenters. The topological polar surface area (TPSA) is 82.6 Å². The Kier molecular flexibility index (Phi) is 4.89. The van der Waals surface area contributed by atoms with Gasteiger partial charge in [0.25, 0.3) is 0 Å². The maximum absolute atomic E-state index is 12.4. The van der Waals surface area contributed by atoms with E-state index in [2.05, 4.69) is 16.2 Å². The Bertz CT molecular complexity index is 754. The quantitative estimate of drug-likeness (QED) is 0.683. The number of phenols is 1. The van der Waals surface area contributed by atoms with E-state index in [1.165, 1.54) is 0 Å². The minimum absolute atomic E-state index is 0.146. The van der Waals surface area contributed by atoms with Crippen molar-refractivity contribution < 1.29 is 14.6 Å². The molecule has 1 fully saturated rings. The third-order valence-electron chi connectivity index (χ3n) is 3.92. The molecule has 1 aliphatic rings. The van der Waals surface area contributed by atoms with Gasteiger partial charge in [0.15, 0.2) is 0 Å². The fourth-order valence-electron chi connectivity index (χ4n) is 2.67. The summed E-state index contributed by atoms with van der Waals surface area (Å²) >= 11 is 5.98. The van der Waals surface area contributed by atoms with Crippen molar-refractivity contribution in [3.8, 4) is 11.5 Å². The number of carbonyl (C=O) groups is 1. The number of carbonyl (C=O) groups excluding carboxylic acids is 1. The second-order valence-corrected chi connectivity index (χ2v) is 5.99. The number of halogens is 1. The summed E-state index contributed by atoms with van der Waals surface area (Å²) in [5.74, 6) is 0.652. The van der Waals surface area contributed by atoms with E-state index in [1.807, 2.05) is 12.1 Å². The zero-order valence-electron chi connectivity index (χ0n) is 13.0. The second kappa shape index (κ2) is 7.09. The number of nitrogens with one attached hydrogen (secondary N) is 3. The highest BCUT2D eigenvalue weighted by Crippen LogP contribution is 2.32. The Balaban J connectivity index is 1.66. The molecule has 126 valence electrons. The van der Waals surface area contributed by atoms with Crippen molar-refractivity contribution in [3.05, 3.63) is 53.1 Å². The zero-order chi connectivity index (χ0) is 17.1. The number of hydrogen-bond donors (Lipinski definition) is 4. The van der Waals surface area contributed by atoms with Crippen LogP contribution in [0.1, 0.15) is 18.0 Å². The predicted octanol–water partition coefficient (Wildman–Crippen LogP) is 2.60. The fraction of sp³-hybridized carbons (Fsp3) is 0.235. The SMILES string of the molecule is COc1cccc(NC(=O)C2CC(c3cc(Cl)ccc3O)NN2)c1. The van der Waals surface area contributed by atoms with Gasteiger partial charge in [-0.15, -0.1) is 0 Å². The van der Waals surface area contributed by atoms with Gasteiger partial charge in [-0.05, 0) is 36.8 Å². The third-order valence-corrected chi connectivity index (χ3v) is 4.16. The van der Waals surface area contributed by atoms with Crippen LogP contribution in [0.5, 0.6) is 11.5 Å². The molecule has 1 aliphatic heterocycles. The Hall–Kier alpha value is -2.28. The highest BCUT2D eigenvalue weighted by atomic mass is 35.5. The summed E-state index contributed by atoms with van der Waals surface area (Å²) in [6.07, 6.45) is 0.490. The molecule has 0 bridgehead atoms. The first-order chi connectivity index (χ1) is 11.6. The molecular weight excluding hydrogens is 330 g/mol. The van der Waals surface area contributed by atoms with Crippen LogP contribution in [0, 0.1) is 0 Å². The molecule has 0 radical (unpaired) electrons. The van der Waals surface area contributed by atoms with E-state index in [1.54, 1.807) is 37.4 Å². The van der Waals surface area contributed by atoms with E-state index in [9.17, 15) is 9.90 Å². The van der Waals surface area contributed by atoms with Gasteiger partial charge >= 0.3 is 0 Å². The van der Waals surface area contributed by atoms with E-state index in [0.717, 1.165) is 0 Å². The summed E-state index contributed by atoms with van der Waals surface area (Å²) in [5.41, 5.74) is 7.30. The lowest BCUT2D eigenvalue weighted by molar-refractivity contribution is -0.117. The molecule has 1 amide bonds. The monoisotopic (exact) mass is 347 g/mol. The Morgan fingerprint density at radius 1 is 1.29 bits per heavy atom. The average molecular weight is 348 g/mol. The van der Waals surface area contributed by atoms with Crippen molar-refractivity contribution in [1.82, 2.24) is 10.9 Å². The van der Waals surface area contributed by atoms with Crippen molar-refractivity contribution in [2.45, 2.75) is 18.5 Å². The number of hydrazine groups is 1. The van der Waals surface area contributed by atoms with Gasteiger partial charge in [0.1, 0.15) is 17.5 Å². The van der Waals surface area contributed by atoms with Gasteiger partial charge in [0.2, 0.25) is 5.91 Å². The molecule has 2 aromatic rings. The highest BCUT2D eigenvalue weighted by Gasteiger charge is 2.31. The van der Waals surface area contributed by atoms with Crippen LogP contribution < -0.4 is 20.9 Å². The molecule has 2 unspecified atom stereocenters. The molecule has 6 nitrogen and oxygen atoms in total. The van der Waals surface area contributed by atoms with E-state index < -0.39 is 6.04 Å². The summed E-state index contributed by atoms with van der Waals surface area (Å²) in [5, 5.41) is 13.4. The van der Waals surface area contributed by atoms with E-state index in [0.29, 0.717) is 28.4 Å². The van der Waals surface area contributed by atoms with Gasteiger partial charge in [-0.2, -0.15) is 0 Å². The predicted molar refractivity (Wildman–Crippen MR) is 92.2 cm³/mol. The zero-order valence-corrected chi connectivity index (χ0v) is 13.8. The summed E-state index contributed by atoms with van der Waals surface area (Å²) < 4.78 is 5.14. The summed E-state index contributed by atoms with van der Waals surface area (Å²) in [6.45, 7) is 0. The van der Waals surface area contributed by atoms with Crippen LogP contribution >= 0.6 is 11.6 Å². The largest absolute Gasteiger partial charge is 0.508 e. The molecule has 0 saturated carbocycles. The van der Waals surface area contributed by atoms with Crippen LogP contribution in [0.3, 0.4) is 0 Å². The Morgan fingerprint density at radius 3 is 2.92 bits per heavy atom. The van der Waals surface area contributed by atoms with Gasteiger partial charge in [0.05, 0.1) is 13.2 Å². The maximum Gasteiger partial charge on any atom is 0.242 e. The van der Waals surface area contributed by atoms with Crippen molar-refractivity contribution in [2.24, 2.45) is 0 Å². The average Bonchev–Trinajstić information content (AvgIpc) is 3.07. The number of ether oxygens (including phenoxy) is 1. The minimum atomic E-state index is -0.431. The van der Waals surface area contributed by atoms with Gasteiger partial charge < -0.3 is 15.2 Å². The molecule has 1 saturated heterocycles. The molecule has 4 N–H and O–H groups in total. The number of anilines is 1. The fourth-order valence-corrected chi connectivity index (χ4v) is 2.85. The number of benzene rings is 2. The van der Waals surface area contributed by atoms with Gasteiger partial charge in [-0.3, -0.25) is 4.79 Å². The summed E-state index contributed by atoms with van der Waals surface area (Å²) in [7, 11) is 1.57. The van der Waals surface area contributed by atoms with E-state index >= 15 is 0 Å². The van der Waals surface area contributed by atoms with Crippen molar-refractivity contribution in [1.29, 1.82) is 0 Å². The molecule has 7 heteroatoms. The number of aromatic hydroxyl groups is 1. The standard InChI is InChI=1S/C17H18ClN3O3/c1-24-12-4-2-3-11(8-12)19-17(23)15-9-14(20-21-15)13-7-10(18)5-6-16(13)22/h2-8,14-15,20-22H,9H2,1H3,(H,19,23). The molecule has 0 spiro atoms. The van der Waals surface area contributed by atoms with E-state index in [-0.39, 0.29) is 17.7 Å². The van der Waals surface area contributed by atoms with Crippen LogP contribution in [0.15, 0.2) is 42.5 Å². The smallest absolute Gasteiger partial charge is 0.242 e. The number of hydrogen-bond acceptors (Lipinski definition) is 5. The second-order valence-electron chi connectivity index (χ2n) is 5.55. The Morgan fingerprint density at radius 2 is 2.12 bits per heavy atom. The summed E-state index contributed by atoms with van der Waals surface area (Å²) in [6, 6.07) is 11.4. The first-order valence-corrected chi connectivity index (χ1v) is 7.89. The molecule has 0 aromatic heterocycles. The number of phenolic OH excluding ortho intramolecular Hbond substituents is 1. The molecule has 1 heterocycles. The number of rotatable bonds is 4. The maximum atomic E-state index is 12.4. The van der Waals surface area contributed by atoms with Crippen molar-refractivity contribution >= 4 is 23.2 Å². The lowest BCUT2D eigenvalue weighted by Gasteiger charge is -2.12. The first-order valence-electron chi connectivity index (χ1n) is 7.51. The normalized spacial score (nSPS) is 19.9. The van der Waals surface area contributed by atoms with Crippen LogP contribution in [0.2, 0.25) is 5.02 Å². The van der Waals surface area contributed by atoms with Gasteiger partial charge in [0, 0.05) is 22.3 Å². The van der Waals surface area contributed by atoms with Crippen LogP contribution in [-0.4, -0.2) is 24.2 Å². The Labute approximate surface area is 144 Å². The molecule has 3 rings (SSSR count). The van der Waals surface area contributed by atoms with E-state index in [4.69, 9.17) is 16.3 Å². The minimum Gasteiger partial charge on any atom is -0.508 e. The third kappa shape index (κ3) is 3.62. The lowest BCUT2D eigenvalue weighted by Crippen LogP contribution is -2.39. The number of methoxy groups -OCH3 is 1. The van der Waals surface area contributed by atoms with Gasteiger partial charge in [-0.25, -0.2) is 10.9 Å². The first kappa shape index (κ1) is 16.6. The van der Waals surface area contributed by atoms with Crippen LogP contribution in [-0.2, 0) is 4.79 Å². The molecular formula is C17H18ClN3O3. The molecule has 2 aromatic carbocycles. The van der Waals surface area contributed by atoms with Crippen molar-refractivity contribution in [3.63, 3.8) is 0 Å². The lowest BCUT2D eigenvalue weighted by atomic mass is 10.0. The van der Waals surface area contributed by atoms with Crippen LogP contribution in [0.4, 0.5) is 5.69 Å². The van der Waals surface area contributed by atoms with Crippen molar-refractivity contribution in [2.75, 3.05) is 12.4 Å². The van der Waals surface area contributed by atoms with Gasteiger partial charge in [-0.1, -0.05) is 17.7 Å². The molecule has 0 aliphatic carbocycles. The molecule has 24 heavy (non-hydrogen) atoms. The van der Waals surface area contributed by atoms with Crippen LogP contribution in [0.25, 0.3) is 0 Å². The highest BCUT2D eigenvalue weighted by molar-refractivity contribution is 6.30. The summed E-state index contributed by atoms with van der Waals surface area (Å²) in [4.78, 5) is 12.4. The number of amides is 1.